The summed E-state index contributed by atoms with van der Waals surface area (Å²) in [6.45, 7) is 2.30. The van der Waals surface area contributed by atoms with Crippen molar-refractivity contribution >= 4 is 27.5 Å². The first-order chi connectivity index (χ1) is 15.0. The quantitative estimate of drug-likeness (QED) is 0.564. The van der Waals surface area contributed by atoms with Gasteiger partial charge in [0.05, 0.1) is 12.3 Å². The average molecular weight is 445 g/mol. The van der Waals surface area contributed by atoms with Crippen LogP contribution in [0.1, 0.15) is 16.8 Å². The van der Waals surface area contributed by atoms with E-state index in [4.69, 9.17) is 0 Å². The summed E-state index contributed by atoms with van der Waals surface area (Å²) in [5.74, 6) is -0.694. The van der Waals surface area contributed by atoms with Gasteiger partial charge in [-0.25, -0.2) is 8.42 Å². The minimum Gasteiger partial charge on any atom is -0.369 e. The lowest BCUT2D eigenvalue weighted by Gasteiger charge is -2.35. The zero-order chi connectivity index (χ0) is 22.1. The number of carbonyl (C=O) groups excluding carboxylic acids is 2. The Balaban J connectivity index is 1.33. The van der Waals surface area contributed by atoms with Gasteiger partial charge in [0.1, 0.15) is 0 Å². The topological polar surface area (TPSA) is 98.8 Å². The van der Waals surface area contributed by atoms with Crippen LogP contribution in [0.4, 0.5) is 5.69 Å². The molecule has 0 spiro atoms. The van der Waals surface area contributed by atoms with Crippen LogP contribution in [0.25, 0.3) is 0 Å². The molecule has 166 valence electrons. The van der Waals surface area contributed by atoms with Crippen LogP contribution >= 0.6 is 0 Å². The molecule has 31 heavy (non-hydrogen) atoms. The average Bonchev–Trinajstić information content (AvgIpc) is 2.81. The van der Waals surface area contributed by atoms with Gasteiger partial charge in [-0.3, -0.25) is 9.59 Å². The second-order valence-corrected chi connectivity index (χ2v) is 9.38. The van der Waals surface area contributed by atoms with Gasteiger partial charge in [-0.2, -0.15) is 4.31 Å². The lowest BCUT2D eigenvalue weighted by atomic mass is 10.2. The highest BCUT2D eigenvalue weighted by atomic mass is 32.2. The van der Waals surface area contributed by atoms with E-state index in [0.29, 0.717) is 38.2 Å². The van der Waals surface area contributed by atoms with Crippen molar-refractivity contribution in [1.82, 2.24) is 14.9 Å². The fraction of sp³-hybridized carbons (Fsp3) is 0.364. The highest BCUT2D eigenvalue weighted by molar-refractivity contribution is 7.89. The zero-order valence-corrected chi connectivity index (χ0v) is 18.2. The fourth-order valence-electron chi connectivity index (χ4n) is 3.39. The maximum atomic E-state index is 12.6. The maximum Gasteiger partial charge on any atom is 0.251 e. The Kier molecular flexibility index (Phi) is 8.02. The summed E-state index contributed by atoms with van der Waals surface area (Å²) in [4.78, 5) is 26.0. The van der Waals surface area contributed by atoms with E-state index >= 15 is 0 Å². The van der Waals surface area contributed by atoms with Crippen LogP contribution in [0.15, 0.2) is 60.7 Å². The predicted molar refractivity (Wildman–Crippen MR) is 120 cm³/mol. The second-order valence-electron chi connectivity index (χ2n) is 7.29. The molecule has 0 aliphatic carbocycles. The number of piperazine rings is 1. The third-order valence-corrected chi connectivity index (χ3v) is 7.06. The summed E-state index contributed by atoms with van der Waals surface area (Å²) in [6.07, 6.45) is 0.319. The van der Waals surface area contributed by atoms with Gasteiger partial charge >= 0.3 is 0 Å². The Hall–Kier alpha value is -2.91. The number of benzene rings is 2. The summed E-state index contributed by atoms with van der Waals surface area (Å²) in [7, 11) is -3.36. The van der Waals surface area contributed by atoms with E-state index in [0.717, 1.165) is 5.69 Å². The molecule has 2 amide bonds. The van der Waals surface area contributed by atoms with E-state index < -0.39 is 10.0 Å². The van der Waals surface area contributed by atoms with Crippen LogP contribution in [-0.4, -0.2) is 69.6 Å². The minimum atomic E-state index is -3.36. The van der Waals surface area contributed by atoms with Crippen molar-refractivity contribution in [2.24, 2.45) is 0 Å². The second kappa shape index (κ2) is 10.9. The largest absolute Gasteiger partial charge is 0.369 e. The van der Waals surface area contributed by atoms with E-state index in [1.165, 1.54) is 4.31 Å². The monoisotopic (exact) mass is 444 g/mol. The van der Waals surface area contributed by atoms with Gasteiger partial charge in [-0.1, -0.05) is 36.4 Å². The lowest BCUT2D eigenvalue weighted by Crippen LogP contribution is -2.49. The number of anilines is 1. The molecule has 8 nitrogen and oxygen atoms in total. The van der Waals surface area contributed by atoms with E-state index in [-0.39, 0.29) is 30.7 Å². The Morgan fingerprint density at radius 3 is 2.10 bits per heavy atom. The molecule has 0 radical (unpaired) electrons. The van der Waals surface area contributed by atoms with Crippen LogP contribution in [0.5, 0.6) is 0 Å². The van der Waals surface area contributed by atoms with E-state index in [1.54, 1.807) is 30.3 Å². The van der Waals surface area contributed by atoms with Crippen molar-refractivity contribution < 1.29 is 18.0 Å². The molecule has 1 aliphatic rings. The molecule has 1 heterocycles. The molecular formula is C22H28N4O4S. The van der Waals surface area contributed by atoms with Crippen LogP contribution in [-0.2, 0) is 14.8 Å². The summed E-state index contributed by atoms with van der Waals surface area (Å²) in [6, 6.07) is 18.6. The normalized spacial score (nSPS) is 14.8. The third-order valence-electron chi connectivity index (χ3n) is 5.10. The first-order valence-corrected chi connectivity index (χ1v) is 11.9. The first kappa shape index (κ1) is 22.8. The Labute approximate surface area is 183 Å². The molecule has 1 fully saturated rings. The predicted octanol–water partition coefficient (Wildman–Crippen LogP) is 1.07. The van der Waals surface area contributed by atoms with E-state index in [1.807, 2.05) is 30.3 Å². The van der Waals surface area contributed by atoms with Gasteiger partial charge in [0, 0.05) is 44.0 Å². The lowest BCUT2D eigenvalue weighted by molar-refractivity contribution is -0.120. The molecule has 0 bridgehead atoms. The van der Waals surface area contributed by atoms with Gasteiger partial charge in [0.15, 0.2) is 0 Å². The maximum absolute atomic E-state index is 12.6. The summed E-state index contributed by atoms with van der Waals surface area (Å²) in [5, 5.41) is 5.19. The highest BCUT2D eigenvalue weighted by Gasteiger charge is 2.26. The molecule has 1 aliphatic heterocycles. The number of nitrogens with one attached hydrogen (secondary N) is 2. The van der Waals surface area contributed by atoms with Gasteiger partial charge < -0.3 is 15.5 Å². The van der Waals surface area contributed by atoms with Crippen molar-refractivity contribution in [3.63, 3.8) is 0 Å². The number of hydrogen-bond acceptors (Lipinski definition) is 5. The molecule has 0 aromatic heterocycles. The molecule has 9 heteroatoms. The standard InChI is InChI=1S/C22H28N4O4S/c27-21(18-24-22(28)19-8-3-1-4-9-19)23-12-7-17-31(29,30)26-15-13-25(14-16-26)20-10-5-2-6-11-20/h1-6,8-11H,7,12-18H2,(H,23,27)(H,24,28). The zero-order valence-electron chi connectivity index (χ0n) is 17.4. The minimum absolute atomic E-state index is 0.0189. The van der Waals surface area contributed by atoms with Crippen molar-refractivity contribution in [3.8, 4) is 0 Å². The van der Waals surface area contributed by atoms with Crippen molar-refractivity contribution in [3.05, 3.63) is 66.2 Å². The number of hydrogen-bond donors (Lipinski definition) is 2. The Morgan fingerprint density at radius 2 is 1.45 bits per heavy atom. The van der Waals surface area contributed by atoms with Crippen LogP contribution in [0.3, 0.4) is 0 Å². The fourth-order valence-corrected chi connectivity index (χ4v) is 4.88. The van der Waals surface area contributed by atoms with Crippen molar-refractivity contribution in [1.29, 1.82) is 0 Å². The molecular weight excluding hydrogens is 416 g/mol. The Morgan fingerprint density at radius 1 is 0.839 bits per heavy atom. The number of nitrogens with zero attached hydrogens (tertiary/aromatic N) is 2. The number of amides is 2. The van der Waals surface area contributed by atoms with E-state index in [9.17, 15) is 18.0 Å². The molecule has 0 unspecified atom stereocenters. The van der Waals surface area contributed by atoms with Gasteiger partial charge in [0.25, 0.3) is 5.91 Å². The summed E-state index contributed by atoms with van der Waals surface area (Å²) in [5.41, 5.74) is 1.58. The number of rotatable bonds is 9. The Bertz CT molecular complexity index is 960. The molecule has 3 rings (SSSR count). The van der Waals surface area contributed by atoms with Crippen LogP contribution in [0.2, 0.25) is 0 Å². The smallest absolute Gasteiger partial charge is 0.251 e. The van der Waals surface area contributed by atoms with Crippen molar-refractivity contribution in [2.75, 3.05) is 49.9 Å². The number of carbonyl (C=O) groups is 2. The number of sulfonamides is 1. The van der Waals surface area contributed by atoms with Crippen molar-refractivity contribution in [2.45, 2.75) is 6.42 Å². The van der Waals surface area contributed by atoms with Gasteiger partial charge in [-0.15, -0.1) is 0 Å². The molecule has 1 saturated heterocycles. The third kappa shape index (κ3) is 6.80. The van der Waals surface area contributed by atoms with Crippen LogP contribution < -0.4 is 15.5 Å². The van der Waals surface area contributed by atoms with E-state index in [2.05, 4.69) is 15.5 Å². The van der Waals surface area contributed by atoms with Gasteiger partial charge in [-0.05, 0) is 30.7 Å². The molecule has 0 atom stereocenters. The summed E-state index contributed by atoms with van der Waals surface area (Å²) >= 11 is 0. The number of para-hydroxylation sites is 1. The SMILES string of the molecule is O=C(CNC(=O)c1ccccc1)NCCCS(=O)(=O)N1CCN(c2ccccc2)CC1. The molecule has 0 saturated carbocycles. The first-order valence-electron chi connectivity index (χ1n) is 10.3. The highest BCUT2D eigenvalue weighted by Crippen LogP contribution is 2.17. The van der Waals surface area contributed by atoms with Gasteiger partial charge in [0.2, 0.25) is 15.9 Å². The molecule has 2 aromatic carbocycles. The molecule has 2 aromatic rings. The molecule has 2 N–H and O–H groups in total. The summed E-state index contributed by atoms with van der Waals surface area (Å²) < 4.78 is 26.7. The van der Waals surface area contributed by atoms with Crippen LogP contribution in [0, 0.1) is 0 Å².